The number of ether oxygens (including phenoxy) is 1. The molecule has 0 aromatic heterocycles. The van der Waals surface area contributed by atoms with E-state index < -0.39 is 0 Å². The lowest BCUT2D eigenvalue weighted by molar-refractivity contribution is -0.147. The molecule has 0 amide bonds. The standard InChI is InChI=1S/C13H16BrNO2/c1-15(11-6-7-11)12(13(16)17-2)9-4-3-5-10(14)8-9/h3-5,8,11-12H,6-7H2,1-2H3. The molecule has 0 saturated heterocycles. The molecule has 0 aliphatic heterocycles. The van der Waals surface area contributed by atoms with Gasteiger partial charge in [0.2, 0.25) is 0 Å². The fourth-order valence-corrected chi connectivity index (χ4v) is 2.44. The lowest BCUT2D eigenvalue weighted by Crippen LogP contribution is -2.33. The Balaban J connectivity index is 2.28. The van der Waals surface area contributed by atoms with Crippen LogP contribution in [0, 0.1) is 0 Å². The largest absolute Gasteiger partial charge is 0.468 e. The van der Waals surface area contributed by atoms with E-state index in [0.29, 0.717) is 6.04 Å². The summed E-state index contributed by atoms with van der Waals surface area (Å²) < 4.78 is 5.89. The monoisotopic (exact) mass is 297 g/mol. The van der Waals surface area contributed by atoms with Crippen molar-refractivity contribution >= 4 is 21.9 Å². The number of halogens is 1. The molecule has 17 heavy (non-hydrogen) atoms. The van der Waals surface area contributed by atoms with Gasteiger partial charge in [0.25, 0.3) is 0 Å². The van der Waals surface area contributed by atoms with Gasteiger partial charge in [-0.2, -0.15) is 0 Å². The molecule has 0 radical (unpaired) electrons. The van der Waals surface area contributed by atoms with Crippen LogP contribution in [0.3, 0.4) is 0 Å². The first-order valence-corrected chi connectivity index (χ1v) is 6.48. The van der Waals surface area contributed by atoms with Crippen LogP contribution in [-0.2, 0) is 9.53 Å². The molecule has 0 N–H and O–H groups in total. The van der Waals surface area contributed by atoms with Crippen molar-refractivity contribution in [1.82, 2.24) is 4.90 Å². The lowest BCUT2D eigenvalue weighted by Gasteiger charge is -2.26. The minimum absolute atomic E-state index is 0.197. The summed E-state index contributed by atoms with van der Waals surface area (Å²) in [7, 11) is 3.42. The topological polar surface area (TPSA) is 29.5 Å². The van der Waals surface area contributed by atoms with E-state index >= 15 is 0 Å². The fraction of sp³-hybridized carbons (Fsp3) is 0.462. The maximum Gasteiger partial charge on any atom is 0.327 e. The second-order valence-corrected chi connectivity index (χ2v) is 5.29. The summed E-state index contributed by atoms with van der Waals surface area (Å²) in [5.74, 6) is -0.197. The number of likely N-dealkylation sites (N-methyl/N-ethyl adjacent to an activating group) is 1. The number of benzene rings is 1. The molecule has 1 aliphatic rings. The molecule has 4 heteroatoms. The first-order chi connectivity index (χ1) is 8.13. The van der Waals surface area contributed by atoms with Crippen molar-refractivity contribution in [3.8, 4) is 0 Å². The summed E-state index contributed by atoms with van der Waals surface area (Å²) in [6.45, 7) is 0. The molecule has 0 spiro atoms. The highest BCUT2D eigenvalue weighted by Crippen LogP contribution is 2.34. The quantitative estimate of drug-likeness (QED) is 0.801. The summed E-state index contributed by atoms with van der Waals surface area (Å²) in [6.07, 6.45) is 2.33. The summed E-state index contributed by atoms with van der Waals surface area (Å²) in [6, 6.07) is 8.04. The maximum atomic E-state index is 11.9. The van der Waals surface area contributed by atoms with Crippen LogP contribution >= 0.6 is 15.9 Å². The molecule has 92 valence electrons. The average molecular weight is 298 g/mol. The van der Waals surface area contributed by atoms with Crippen LogP contribution < -0.4 is 0 Å². The van der Waals surface area contributed by atoms with Gasteiger partial charge < -0.3 is 4.74 Å². The van der Waals surface area contributed by atoms with E-state index in [1.54, 1.807) is 0 Å². The average Bonchev–Trinajstić information content (AvgIpc) is 3.13. The molecule has 1 unspecified atom stereocenters. The highest BCUT2D eigenvalue weighted by Gasteiger charge is 2.36. The normalized spacial score (nSPS) is 16.9. The second kappa shape index (κ2) is 5.19. The van der Waals surface area contributed by atoms with E-state index in [9.17, 15) is 4.79 Å². The van der Waals surface area contributed by atoms with Crippen molar-refractivity contribution in [2.45, 2.75) is 24.9 Å². The highest BCUT2D eigenvalue weighted by molar-refractivity contribution is 9.10. The zero-order chi connectivity index (χ0) is 12.4. The first-order valence-electron chi connectivity index (χ1n) is 5.68. The molecule has 3 nitrogen and oxygen atoms in total. The Morgan fingerprint density at radius 1 is 1.53 bits per heavy atom. The predicted molar refractivity (Wildman–Crippen MR) is 69.7 cm³/mol. The van der Waals surface area contributed by atoms with Crippen molar-refractivity contribution in [3.05, 3.63) is 34.3 Å². The number of hydrogen-bond acceptors (Lipinski definition) is 3. The highest BCUT2D eigenvalue weighted by atomic mass is 79.9. The van der Waals surface area contributed by atoms with Gasteiger partial charge in [0.1, 0.15) is 6.04 Å². The molecular weight excluding hydrogens is 282 g/mol. The molecule has 1 aromatic carbocycles. The Morgan fingerprint density at radius 2 is 2.24 bits per heavy atom. The molecule has 1 atom stereocenters. The minimum Gasteiger partial charge on any atom is -0.468 e. The Labute approximate surface area is 110 Å². The summed E-state index contributed by atoms with van der Waals surface area (Å²) >= 11 is 3.43. The molecule has 1 aromatic rings. The van der Waals surface area contributed by atoms with Crippen molar-refractivity contribution in [1.29, 1.82) is 0 Å². The van der Waals surface area contributed by atoms with Gasteiger partial charge in [0.05, 0.1) is 7.11 Å². The second-order valence-electron chi connectivity index (χ2n) is 4.38. The third-order valence-corrected chi connectivity index (χ3v) is 3.61. The molecule has 1 fully saturated rings. The van der Waals surface area contributed by atoms with Gasteiger partial charge in [0.15, 0.2) is 0 Å². The van der Waals surface area contributed by atoms with Crippen LogP contribution in [0.25, 0.3) is 0 Å². The lowest BCUT2D eigenvalue weighted by atomic mass is 10.1. The number of hydrogen-bond donors (Lipinski definition) is 0. The first kappa shape index (κ1) is 12.6. The number of nitrogens with zero attached hydrogens (tertiary/aromatic N) is 1. The predicted octanol–water partition coefficient (Wildman–Crippen LogP) is 2.76. The van der Waals surface area contributed by atoms with Crippen molar-refractivity contribution in [2.24, 2.45) is 0 Å². The van der Waals surface area contributed by atoms with Crippen LogP contribution in [0.4, 0.5) is 0 Å². The van der Waals surface area contributed by atoms with Gasteiger partial charge in [-0.05, 0) is 37.6 Å². The number of esters is 1. The number of methoxy groups -OCH3 is 1. The van der Waals surface area contributed by atoms with E-state index in [1.807, 2.05) is 31.3 Å². The molecule has 1 saturated carbocycles. The van der Waals surface area contributed by atoms with Gasteiger partial charge in [-0.25, -0.2) is 4.79 Å². The van der Waals surface area contributed by atoms with Crippen molar-refractivity contribution in [2.75, 3.05) is 14.2 Å². The van der Waals surface area contributed by atoms with Crippen LogP contribution in [0.1, 0.15) is 24.4 Å². The van der Waals surface area contributed by atoms with Crippen LogP contribution in [0.2, 0.25) is 0 Å². The fourth-order valence-electron chi connectivity index (χ4n) is 2.02. The third kappa shape index (κ3) is 2.87. The molecule has 1 aliphatic carbocycles. The zero-order valence-corrected chi connectivity index (χ0v) is 11.6. The molecule has 2 rings (SSSR count). The molecule has 0 bridgehead atoms. The zero-order valence-electron chi connectivity index (χ0n) is 10.0. The van der Waals surface area contributed by atoms with Gasteiger partial charge >= 0.3 is 5.97 Å². The maximum absolute atomic E-state index is 11.9. The summed E-state index contributed by atoms with van der Waals surface area (Å²) in [5.41, 5.74) is 0.973. The Hall–Kier alpha value is -0.870. The van der Waals surface area contributed by atoms with E-state index in [4.69, 9.17) is 4.74 Å². The Kier molecular flexibility index (Phi) is 3.84. The van der Waals surface area contributed by atoms with Gasteiger partial charge in [-0.15, -0.1) is 0 Å². The van der Waals surface area contributed by atoms with Crippen molar-refractivity contribution < 1.29 is 9.53 Å². The third-order valence-electron chi connectivity index (χ3n) is 3.12. The number of rotatable bonds is 4. The van der Waals surface area contributed by atoms with E-state index in [0.717, 1.165) is 22.9 Å². The van der Waals surface area contributed by atoms with Crippen LogP contribution in [-0.4, -0.2) is 31.1 Å². The van der Waals surface area contributed by atoms with Crippen LogP contribution in [0.15, 0.2) is 28.7 Å². The Morgan fingerprint density at radius 3 is 2.76 bits per heavy atom. The molecular formula is C13H16BrNO2. The summed E-state index contributed by atoms with van der Waals surface area (Å²) in [4.78, 5) is 14.0. The van der Waals surface area contributed by atoms with Gasteiger partial charge in [0, 0.05) is 10.5 Å². The number of carbonyl (C=O) groups is 1. The SMILES string of the molecule is COC(=O)C(c1cccc(Br)c1)N(C)C1CC1. The van der Waals surface area contributed by atoms with E-state index in [-0.39, 0.29) is 12.0 Å². The van der Waals surface area contributed by atoms with Crippen LogP contribution in [0.5, 0.6) is 0 Å². The van der Waals surface area contributed by atoms with Gasteiger partial charge in [-0.1, -0.05) is 28.1 Å². The minimum atomic E-state index is -0.301. The van der Waals surface area contributed by atoms with Gasteiger partial charge in [-0.3, -0.25) is 4.90 Å². The van der Waals surface area contributed by atoms with E-state index in [1.165, 1.54) is 7.11 Å². The van der Waals surface area contributed by atoms with Crippen molar-refractivity contribution in [3.63, 3.8) is 0 Å². The Bertz CT molecular complexity index is 418. The number of carbonyl (C=O) groups excluding carboxylic acids is 1. The van der Waals surface area contributed by atoms with E-state index in [2.05, 4.69) is 20.8 Å². The summed E-state index contributed by atoms with van der Waals surface area (Å²) in [5, 5.41) is 0. The smallest absolute Gasteiger partial charge is 0.327 e. The molecule has 0 heterocycles.